The van der Waals surface area contributed by atoms with Crippen molar-refractivity contribution in [1.82, 2.24) is 0 Å². The van der Waals surface area contributed by atoms with E-state index in [1.54, 1.807) is 78.9 Å². The number of ether oxygens (including phenoxy) is 2. The third-order valence-corrected chi connectivity index (χ3v) is 10.7. The standard InChI is InChI=1S/C21H18O4S.C14H13NO2.C6H5ClO2S.CH5P/c1-25-21(22)20-13-12-17(16-8-4-2-5-9-16)14-18(20)15-26(23,24)19-10-6-3-7-11-19;1-17-14(16)12-8-7-11(9-13(12)15)10-5-3-2-4-6-10;7-10(8,9)6-4-2-1-3-5-6;1-2/h2-14H,15H2,1H3;2-9H,15H2,1H3;1-5H;2H2,1H3. The maximum atomic E-state index is 12.8. The number of esters is 2. The minimum atomic E-state index is -3.58. The second kappa shape index (κ2) is 21.5. The Labute approximate surface area is 329 Å². The zero-order valence-corrected chi connectivity index (χ0v) is 33.9. The first-order chi connectivity index (χ1) is 26.3. The number of rotatable bonds is 8. The van der Waals surface area contributed by atoms with Gasteiger partial charge in [0.25, 0.3) is 9.05 Å². The van der Waals surface area contributed by atoms with Crippen LogP contribution >= 0.6 is 19.9 Å². The zero-order chi connectivity index (χ0) is 40.4. The molecule has 2 N–H and O–H groups in total. The van der Waals surface area contributed by atoms with Crippen molar-refractivity contribution in [1.29, 1.82) is 0 Å². The van der Waals surface area contributed by atoms with E-state index in [0.717, 1.165) is 22.3 Å². The first kappa shape index (κ1) is 44.1. The molecule has 0 saturated heterocycles. The van der Waals surface area contributed by atoms with Crippen LogP contribution < -0.4 is 5.73 Å². The van der Waals surface area contributed by atoms with Crippen molar-refractivity contribution in [2.24, 2.45) is 0 Å². The Hall–Kier alpha value is -5.32. The van der Waals surface area contributed by atoms with E-state index in [9.17, 15) is 26.4 Å². The highest BCUT2D eigenvalue weighted by Gasteiger charge is 2.21. The lowest BCUT2D eigenvalue weighted by molar-refractivity contribution is 0.0592. The molecule has 0 spiro atoms. The average molecular weight is 818 g/mol. The van der Waals surface area contributed by atoms with Crippen molar-refractivity contribution in [2.45, 2.75) is 15.5 Å². The van der Waals surface area contributed by atoms with Crippen LogP contribution in [0.25, 0.3) is 22.3 Å². The van der Waals surface area contributed by atoms with Gasteiger partial charge in [-0.2, -0.15) is 0 Å². The first-order valence-electron chi connectivity index (χ1n) is 16.5. The average Bonchev–Trinajstić information content (AvgIpc) is 3.22. The normalized spacial score (nSPS) is 10.5. The summed E-state index contributed by atoms with van der Waals surface area (Å²) in [6.45, 7) is 1.92. The minimum Gasteiger partial charge on any atom is -0.465 e. The van der Waals surface area contributed by atoms with Crippen molar-refractivity contribution in [3.63, 3.8) is 0 Å². The highest BCUT2D eigenvalue weighted by Crippen LogP contribution is 2.27. The molecule has 6 aromatic rings. The molecule has 0 saturated carbocycles. The number of hydrogen-bond donors (Lipinski definition) is 1. The monoisotopic (exact) mass is 817 g/mol. The van der Waals surface area contributed by atoms with Crippen LogP contribution in [0, 0.1) is 0 Å². The van der Waals surface area contributed by atoms with Gasteiger partial charge in [-0.15, -0.1) is 9.24 Å². The maximum Gasteiger partial charge on any atom is 0.339 e. The van der Waals surface area contributed by atoms with Crippen LogP contribution in [-0.2, 0) is 34.1 Å². The molecular formula is C42H41ClNO8PS2. The molecule has 6 aromatic carbocycles. The number of anilines is 1. The molecule has 0 heterocycles. The molecule has 0 aromatic heterocycles. The van der Waals surface area contributed by atoms with Crippen LogP contribution in [0.5, 0.6) is 0 Å². The van der Waals surface area contributed by atoms with Gasteiger partial charge in [0.2, 0.25) is 0 Å². The summed E-state index contributed by atoms with van der Waals surface area (Å²) >= 11 is 0. The summed E-state index contributed by atoms with van der Waals surface area (Å²) in [5, 5.41) is 0. The van der Waals surface area contributed by atoms with E-state index in [4.69, 9.17) is 21.2 Å². The summed E-state index contributed by atoms with van der Waals surface area (Å²) in [5.74, 6) is -1.24. The molecule has 0 amide bonds. The van der Waals surface area contributed by atoms with Crippen LogP contribution in [0.2, 0.25) is 0 Å². The van der Waals surface area contributed by atoms with Crippen LogP contribution in [0.4, 0.5) is 5.69 Å². The number of halogens is 1. The largest absolute Gasteiger partial charge is 0.465 e. The van der Waals surface area contributed by atoms with E-state index in [0.29, 0.717) is 16.8 Å². The summed E-state index contributed by atoms with van der Waals surface area (Å²) in [6.07, 6.45) is 0. The Morgan fingerprint density at radius 2 is 0.927 bits per heavy atom. The number of sulfone groups is 1. The first-order valence-corrected chi connectivity index (χ1v) is 21.6. The Kier molecular flexibility index (Phi) is 17.3. The Bertz CT molecular complexity index is 2370. The van der Waals surface area contributed by atoms with Gasteiger partial charge in [0, 0.05) is 16.4 Å². The van der Waals surface area contributed by atoms with Gasteiger partial charge in [-0.25, -0.2) is 26.4 Å². The Balaban J connectivity index is 0.000000239. The van der Waals surface area contributed by atoms with E-state index < -0.39 is 30.8 Å². The fraction of sp³-hybridized carbons (Fsp3) is 0.0952. The van der Waals surface area contributed by atoms with Crippen LogP contribution in [0.3, 0.4) is 0 Å². The van der Waals surface area contributed by atoms with E-state index >= 15 is 0 Å². The lowest BCUT2D eigenvalue weighted by Gasteiger charge is -2.12. The minimum absolute atomic E-state index is 0.136. The molecule has 55 heavy (non-hydrogen) atoms. The summed E-state index contributed by atoms with van der Waals surface area (Å²) in [4.78, 5) is 23.8. The topological polar surface area (TPSA) is 147 Å². The molecule has 6 rings (SSSR count). The molecule has 0 aliphatic heterocycles. The van der Waals surface area contributed by atoms with Crippen LogP contribution in [-0.4, -0.2) is 49.7 Å². The van der Waals surface area contributed by atoms with E-state index in [2.05, 4.69) is 14.0 Å². The molecule has 0 aliphatic carbocycles. The summed E-state index contributed by atoms with van der Waals surface area (Å²) in [5.41, 5.74) is 11.2. The third-order valence-electron chi connectivity index (χ3n) is 7.65. The van der Waals surface area contributed by atoms with Crippen molar-refractivity contribution >= 4 is 56.4 Å². The number of carbonyl (C=O) groups excluding carboxylic acids is 2. The fourth-order valence-electron chi connectivity index (χ4n) is 5.00. The van der Waals surface area contributed by atoms with Crippen molar-refractivity contribution < 1.29 is 35.9 Å². The van der Waals surface area contributed by atoms with E-state index in [1.807, 2.05) is 73.4 Å². The smallest absolute Gasteiger partial charge is 0.339 e. The highest BCUT2D eigenvalue weighted by molar-refractivity contribution is 8.13. The highest BCUT2D eigenvalue weighted by atomic mass is 35.7. The van der Waals surface area contributed by atoms with Crippen molar-refractivity contribution in [3.05, 3.63) is 174 Å². The Morgan fingerprint density at radius 3 is 1.33 bits per heavy atom. The van der Waals surface area contributed by atoms with Gasteiger partial charge in [-0.3, -0.25) is 0 Å². The van der Waals surface area contributed by atoms with Crippen molar-refractivity contribution in [3.8, 4) is 22.3 Å². The fourth-order valence-corrected chi connectivity index (χ4v) is 7.18. The molecule has 286 valence electrons. The molecule has 0 fully saturated rings. The summed E-state index contributed by atoms with van der Waals surface area (Å²) < 4.78 is 56.2. The number of benzene rings is 6. The lowest BCUT2D eigenvalue weighted by atomic mass is 10.00. The second-order valence-electron chi connectivity index (χ2n) is 11.2. The van der Waals surface area contributed by atoms with Gasteiger partial charge in [-0.05, 0) is 76.3 Å². The predicted octanol–water partition coefficient (Wildman–Crippen LogP) is 8.94. The number of hydrogen-bond acceptors (Lipinski definition) is 9. The molecule has 13 heteroatoms. The maximum absolute atomic E-state index is 12.8. The molecule has 9 nitrogen and oxygen atoms in total. The molecule has 0 aliphatic rings. The van der Waals surface area contributed by atoms with Gasteiger partial charge in [-0.1, -0.05) is 116 Å². The van der Waals surface area contributed by atoms with Gasteiger partial charge >= 0.3 is 11.9 Å². The lowest BCUT2D eigenvalue weighted by Crippen LogP contribution is -2.11. The number of nitrogens with two attached hydrogens (primary N) is 1. The zero-order valence-electron chi connectivity index (χ0n) is 30.3. The van der Waals surface area contributed by atoms with E-state index in [-0.39, 0.29) is 21.1 Å². The molecular weight excluding hydrogens is 777 g/mol. The quantitative estimate of drug-likeness (QED) is 0.0688. The van der Waals surface area contributed by atoms with Gasteiger partial charge in [0.05, 0.1) is 40.9 Å². The molecule has 0 bridgehead atoms. The molecule has 1 atom stereocenters. The number of carbonyl (C=O) groups is 2. The molecule has 1 unspecified atom stereocenters. The second-order valence-corrected chi connectivity index (χ2v) is 15.8. The number of nitrogen functional groups attached to an aromatic ring is 1. The van der Waals surface area contributed by atoms with Gasteiger partial charge in [0.1, 0.15) is 0 Å². The SMILES string of the molecule is COC(=O)c1ccc(-c2ccccc2)cc1CS(=O)(=O)c1ccccc1.COC(=O)c1ccc(-c2ccccc2)cc1N.CP.O=S(=O)(Cl)c1ccccc1. The van der Waals surface area contributed by atoms with E-state index in [1.165, 1.54) is 26.4 Å². The predicted molar refractivity (Wildman–Crippen MR) is 223 cm³/mol. The van der Waals surface area contributed by atoms with Gasteiger partial charge in [0.15, 0.2) is 9.84 Å². The summed E-state index contributed by atoms with van der Waals surface area (Å²) in [7, 11) is 2.95. The third kappa shape index (κ3) is 13.2. The van der Waals surface area contributed by atoms with Crippen LogP contribution in [0.15, 0.2) is 168 Å². The van der Waals surface area contributed by atoms with Crippen molar-refractivity contribution in [2.75, 3.05) is 26.6 Å². The summed E-state index contributed by atoms with van der Waals surface area (Å²) in [6, 6.07) is 46.0. The molecule has 0 radical (unpaired) electrons. The van der Waals surface area contributed by atoms with Crippen LogP contribution in [0.1, 0.15) is 26.3 Å². The Morgan fingerprint density at radius 1 is 0.545 bits per heavy atom. The number of methoxy groups -OCH3 is 2. The van der Waals surface area contributed by atoms with Gasteiger partial charge < -0.3 is 15.2 Å².